The molecule has 0 saturated carbocycles. The van der Waals surface area contributed by atoms with E-state index in [2.05, 4.69) is 4.99 Å². The Morgan fingerprint density at radius 1 is 1.15 bits per heavy atom. The fourth-order valence-corrected chi connectivity index (χ4v) is 3.48. The van der Waals surface area contributed by atoms with E-state index in [1.54, 1.807) is 19.2 Å². The second-order valence-corrected chi connectivity index (χ2v) is 6.65. The van der Waals surface area contributed by atoms with Gasteiger partial charge in [0, 0.05) is 26.4 Å². The lowest BCUT2D eigenvalue weighted by Gasteiger charge is -2.40. The Morgan fingerprint density at radius 2 is 1.89 bits per heavy atom. The Bertz CT molecular complexity index is 820. The van der Waals surface area contributed by atoms with E-state index in [0.29, 0.717) is 18.1 Å². The summed E-state index contributed by atoms with van der Waals surface area (Å²) in [7, 11) is 4.51. The largest absolute Gasteiger partial charge is 0.493 e. The van der Waals surface area contributed by atoms with Crippen molar-refractivity contribution >= 4 is 23.7 Å². The Labute approximate surface area is 157 Å². The summed E-state index contributed by atoms with van der Waals surface area (Å²) in [4.78, 5) is 43.5. The number of methoxy groups -OCH3 is 1. The number of aliphatic imine (C=N–C) groups is 1. The fourth-order valence-electron chi connectivity index (χ4n) is 3.48. The molecule has 2 heterocycles. The second-order valence-electron chi connectivity index (χ2n) is 6.65. The molecular weight excluding hydrogens is 350 g/mol. The number of urea groups is 1. The first-order valence-electron chi connectivity index (χ1n) is 8.86. The number of rotatable bonds is 5. The molecule has 0 N–H and O–H groups in total. The van der Waals surface area contributed by atoms with Crippen molar-refractivity contribution in [3.8, 4) is 11.5 Å². The molecule has 1 fully saturated rings. The minimum atomic E-state index is -0.692. The number of hydrogen-bond donors (Lipinski definition) is 0. The number of ether oxygens (including phenoxy) is 2. The van der Waals surface area contributed by atoms with Gasteiger partial charge in [-0.3, -0.25) is 19.4 Å². The lowest BCUT2D eigenvalue weighted by Crippen LogP contribution is -2.59. The zero-order valence-corrected chi connectivity index (χ0v) is 15.9. The molecule has 27 heavy (non-hydrogen) atoms. The molecule has 0 aromatic heterocycles. The lowest BCUT2D eigenvalue weighted by molar-refractivity contribution is -0.132. The summed E-state index contributed by atoms with van der Waals surface area (Å²) >= 11 is 0. The van der Waals surface area contributed by atoms with Crippen molar-refractivity contribution in [3.63, 3.8) is 0 Å². The zero-order valence-electron chi connectivity index (χ0n) is 15.9. The van der Waals surface area contributed by atoms with Crippen molar-refractivity contribution in [2.24, 2.45) is 10.9 Å². The Morgan fingerprint density at radius 3 is 2.56 bits per heavy atom. The molecule has 3 rings (SSSR count). The van der Waals surface area contributed by atoms with Crippen molar-refractivity contribution in [2.45, 2.75) is 25.7 Å². The molecule has 1 aromatic carbocycles. The van der Waals surface area contributed by atoms with Gasteiger partial charge in [-0.2, -0.15) is 4.99 Å². The van der Waals surface area contributed by atoms with Gasteiger partial charge >= 0.3 is 6.03 Å². The highest BCUT2D eigenvalue weighted by atomic mass is 16.5. The molecule has 2 unspecified atom stereocenters. The number of amides is 4. The topological polar surface area (TPSA) is 88.5 Å². The predicted octanol–water partition coefficient (Wildman–Crippen LogP) is 2.04. The minimum Gasteiger partial charge on any atom is -0.493 e. The van der Waals surface area contributed by atoms with Crippen LogP contribution in [0, 0.1) is 5.92 Å². The van der Waals surface area contributed by atoms with Gasteiger partial charge in [-0.05, 0) is 24.1 Å². The van der Waals surface area contributed by atoms with Crippen molar-refractivity contribution in [2.75, 3.05) is 27.8 Å². The van der Waals surface area contributed by atoms with E-state index in [1.165, 1.54) is 19.0 Å². The summed E-state index contributed by atoms with van der Waals surface area (Å²) in [5.41, 5.74) is 0.769. The predicted molar refractivity (Wildman–Crippen MR) is 98.0 cm³/mol. The average molecular weight is 373 g/mol. The monoisotopic (exact) mass is 373 g/mol. The highest BCUT2D eigenvalue weighted by Crippen LogP contribution is 2.40. The summed E-state index contributed by atoms with van der Waals surface area (Å²) in [6.45, 7) is 2.57. The molecular formula is C19H23N3O5. The van der Waals surface area contributed by atoms with Gasteiger partial charge < -0.3 is 9.47 Å². The van der Waals surface area contributed by atoms with E-state index in [-0.39, 0.29) is 24.1 Å². The maximum Gasteiger partial charge on any atom is 0.331 e. The molecule has 8 nitrogen and oxygen atoms in total. The molecule has 2 aliphatic heterocycles. The van der Waals surface area contributed by atoms with Crippen molar-refractivity contribution in [3.05, 3.63) is 23.8 Å². The summed E-state index contributed by atoms with van der Waals surface area (Å²) in [5, 5.41) is 0. The van der Waals surface area contributed by atoms with Crippen molar-refractivity contribution < 1.29 is 23.9 Å². The van der Waals surface area contributed by atoms with Crippen LogP contribution in [-0.2, 0) is 9.59 Å². The van der Waals surface area contributed by atoms with Gasteiger partial charge in [-0.15, -0.1) is 0 Å². The van der Waals surface area contributed by atoms with Gasteiger partial charge in [0.2, 0.25) is 11.8 Å². The van der Waals surface area contributed by atoms with Gasteiger partial charge in [0.15, 0.2) is 11.5 Å². The van der Waals surface area contributed by atoms with Crippen LogP contribution in [0.2, 0.25) is 0 Å². The number of imide groups is 1. The Kier molecular flexibility index (Phi) is 5.16. The van der Waals surface area contributed by atoms with Crippen LogP contribution in [0.1, 0.15) is 31.2 Å². The van der Waals surface area contributed by atoms with Gasteiger partial charge in [0.05, 0.1) is 13.7 Å². The maximum absolute atomic E-state index is 12.8. The quantitative estimate of drug-likeness (QED) is 0.788. The molecule has 1 aromatic rings. The Hall–Kier alpha value is -2.90. The van der Waals surface area contributed by atoms with Gasteiger partial charge in [0.25, 0.3) is 0 Å². The summed E-state index contributed by atoms with van der Waals surface area (Å²) < 4.78 is 11.1. The summed E-state index contributed by atoms with van der Waals surface area (Å²) in [6.07, 6.45) is 0.958. The first kappa shape index (κ1) is 18.9. The lowest BCUT2D eigenvalue weighted by atomic mass is 9.78. The molecule has 0 spiro atoms. The molecule has 2 aliphatic rings. The average Bonchev–Trinajstić information content (AvgIpc) is 2.68. The van der Waals surface area contributed by atoms with Crippen LogP contribution in [0.25, 0.3) is 0 Å². The molecule has 0 aliphatic carbocycles. The highest BCUT2D eigenvalue weighted by molar-refractivity contribution is 6.21. The van der Waals surface area contributed by atoms with Crippen LogP contribution in [-0.4, -0.2) is 61.3 Å². The second kappa shape index (κ2) is 7.38. The number of hydrogen-bond acceptors (Lipinski definition) is 5. The normalized spacial score (nSPS) is 22.5. The highest BCUT2D eigenvalue weighted by Gasteiger charge is 2.48. The minimum absolute atomic E-state index is 0.0914. The van der Waals surface area contributed by atoms with Crippen LogP contribution >= 0.6 is 0 Å². The van der Waals surface area contributed by atoms with E-state index in [4.69, 9.17) is 9.47 Å². The molecule has 0 radical (unpaired) electrons. The standard InChI is InChI=1S/C19H23N3O5/c1-5-8-27-13-7-6-11(9-14(13)26-4)12-10-15(23)20-17-16(12)18(24)22(3)19(25)21(17)2/h6-7,9,12,16H,5,8,10H2,1-4H3. The number of fused-ring (bicyclic) bond motifs is 1. The van der Waals surface area contributed by atoms with Crippen LogP contribution < -0.4 is 9.47 Å². The van der Waals surface area contributed by atoms with E-state index < -0.39 is 17.9 Å². The third-order valence-corrected chi connectivity index (χ3v) is 4.91. The molecule has 144 valence electrons. The molecule has 0 bridgehead atoms. The van der Waals surface area contributed by atoms with Crippen molar-refractivity contribution in [1.82, 2.24) is 9.80 Å². The van der Waals surface area contributed by atoms with Crippen LogP contribution in [0.4, 0.5) is 4.79 Å². The summed E-state index contributed by atoms with van der Waals surface area (Å²) in [5.74, 6) is -0.480. The molecule has 4 amide bonds. The maximum atomic E-state index is 12.8. The number of carbonyl (C=O) groups is 3. The number of benzene rings is 1. The van der Waals surface area contributed by atoms with Crippen LogP contribution in [0.15, 0.2) is 23.2 Å². The SMILES string of the molecule is CCCOc1ccc(C2CC(=O)N=C3C2C(=O)N(C)C(=O)N3C)cc1OC. The third kappa shape index (κ3) is 3.27. The van der Waals surface area contributed by atoms with Gasteiger partial charge in [0.1, 0.15) is 11.8 Å². The number of nitrogens with zero attached hydrogens (tertiary/aromatic N) is 3. The number of carbonyl (C=O) groups excluding carboxylic acids is 3. The van der Waals surface area contributed by atoms with Gasteiger partial charge in [-0.25, -0.2) is 4.79 Å². The van der Waals surface area contributed by atoms with Crippen LogP contribution in [0.5, 0.6) is 11.5 Å². The van der Waals surface area contributed by atoms with E-state index >= 15 is 0 Å². The first-order chi connectivity index (χ1) is 12.9. The Balaban J connectivity index is 2.01. The molecule has 2 atom stereocenters. The smallest absolute Gasteiger partial charge is 0.331 e. The third-order valence-electron chi connectivity index (χ3n) is 4.91. The first-order valence-corrected chi connectivity index (χ1v) is 8.86. The van der Waals surface area contributed by atoms with E-state index in [0.717, 1.165) is 16.9 Å². The van der Waals surface area contributed by atoms with Crippen molar-refractivity contribution in [1.29, 1.82) is 0 Å². The fraction of sp³-hybridized carbons (Fsp3) is 0.474. The zero-order chi connectivity index (χ0) is 19.7. The van der Waals surface area contributed by atoms with Gasteiger partial charge in [-0.1, -0.05) is 13.0 Å². The van der Waals surface area contributed by atoms with E-state index in [9.17, 15) is 14.4 Å². The van der Waals surface area contributed by atoms with Crippen LogP contribution in [0.3, 0.4) is 0 Å². The molecule has 8 heteroatoms. The van der Waals surface area contributed by atoms with E-state index in [1.807, 2.05) is 13.0 Å². The molecule has 1 saturated heterocycles. The summed E-state index contributed by atoms with van der Waals surface area (Å²) in [6, 6.07) is 4.91. The number of amidine groups is 1.